The van der Waals surface area contributed by atoms with E-state index in [1.54, 1.807) is 42.6 Å². The van der Waals surface area contributed by atoms with Crippen LogP contribution in [0.1, 0.15) is 23.2 Å². The Morgan fingerprint density at radius 2 is 2.00 bits per heavy atom. The number of amides is 1. The van der Waals surface area contributed by atoms with Gasteiger partial charge in [-0.2, -0.15) is 9.78 Å². The van der Waals surface area contributed by atoms with Crippen molar-refractivity contribution in [3.63, 3.8) is 0 Å². The van der Waals surface area contributed by atoms with Gasteiger partial charge in [0.15, 0.2) is 0 Å². The highest BCUT2D eigenvalue weighted by Gasteiger charge is 2.31. The van der Waals surface area contributed by atoms with Crippen molar-refractivity contribution in [2.75, 3.05) is 0 Å². The van der Waals surface area contributed by atoms with Crippen molar-refractivity contribution in [3.8, 4) is 16.9 Å². The SMILES string of the molecule is O=C(NC1CCC1O)c1cc(-c2ccc(Cl)cc2)nn(-c2cccnc2)c1=O. The fourth-order valence-electron chi connectivity index (χ4n) is 2.97. The Kier molecular flexibility index (Phi) is 4.93. The fourth-order valence-corrected chi connectivity index (χ4v) is 3.10. The van der Waals surface area contributed by atoms with E-state index in [1.165, 1.54) is 12.3 Å². The van der Waals surface area contributed by atoms with Crippen LogP contribution >= 0.6 is 11.6 Å². The quantitative estimate of drug-likeness (QED) is 0.704. The molecule has 0 aliphatic heterocycles. The van der Waals surface area contributed by atoms with Gasteiger partial charge in [0.05, 0.1) is 29.7 Å². The topological polar surface area (TPSA) is 97.1 Å². The molecule has 2 atom stereocenters. The molecule has 1 fully saturated rings. The van der Waals surface area contributed by atoms with Gasteiger partial charge in [-0.25, -0.2) is 0 Å². The molecule has 1 aromatic carbocycles. The summed E-state index contributed by atoms with van der Waals surface area (Å²) in [5, 5.41) is 17.4. The zero-order valence-corrected chi connectivity index (χ0v) is 15.5. The second-order valence-corrected chi connectivity index (χ2v) is 7.04. The normalized spacial score (nSPS) is 18.4. The van der Waals surface area contributed by atoms with Crippen LogP contribution in [0.5, 0.6) is 0 Å². The number of carbonyl (C=O) groups is 1. The minimum atomic E-state index is -0.581. The first-order valence-electron chi connectivity index (χ1n) is 8.82. The van der Waals surface area contributed by atoms with Gasteiger partial charge < -0.3 is 10.4 Å². The van der Waals surface area contributed by atoms with Crippen LogP contribution < -0.4 is 10.9 Å². The van der Waals surface area contributed by atoms with Gasteiger partial charge in [0.2, 0.25) is 0 Å². The lowest BCUT2D eigenvalue weighted by molar-refractivity contribution is 0.0447. The number of carbonyl (C=O) groups excluding carboxylic acids is 1. The molecular formula is C20H17ClN4O3. The predicted molar refractivity (Wildman–Crippen MR) is 105 cm³/mol. The van der Waals surface area contributed by atoms with Crippen molar-refractivity contribution in [2.24, 2.45) is 0 Å². The van der Waals surface area contributed by atoms with E-state index in [4.69, 9.17) is 11.6 Å². The third kappa shape index (κ3) is 3.54. The summed E-state index contributed by atoms with van der Waals surface area (Å²) in [6, 6.07) is 11.4. The maximum Gasteiger partial charge on any atom is 0.284 e. The van der Waals surface area contributed by atoms with Crippen LogP contribution in [0.3, 0.4) is 0 Å². The molecule has 4 rings (SSSR count). The summed E-state index contributed by atoms with van der Waals surface area (Å²) in [5.74, 6) is -0.538. The molecule has 1 aliphatic rings. The lowest BCUT2D eigenvalue weighted by atomic mass is 9.89. The number of aliphatic hydroxyl groups is 1. The first-order valence-corrected chi connectivity index (χ1v) is 9.20. The summed E-state index contributed by atoms with van der Waals surface area (Å²) in [6.45, 7) is 0. The number of benzene rings is 1. The van der Waals surface area contributed by atoms with Crippen LogP contribution in [0.4, 0.5) is 0 Å². The second-order valence-electron chi connectivity index (χ2n) is 6.60. The third-order valence-corrected chi connectivity index (χ3v) is 4.99. The van der Waals surface area contributed by atoms with Gasteiger partial charge in [-0.1, -0.05) is 23.7 Å². The average molecular weight is 397 g/mol. The number of halogens is 1. The molecule has 0 radical (unpaired) electrons. The minimum absolute atomic E-state index is 0.0529. The first kappa shape index (κ1) is 18.3. The highest BCUT2D eigenvalue weighted by Crippen LogP contribution is 2.22. The summed E-state index contributed by atoms with van der Waals surface area (Å²) in [7, 11) is 0. The largest absolute Gasteiger partial charge is 0.391 e. The predicted octanol–water partition coefficient (Wildman–Crippen LogP) is 2.20. The van der Waals surface area contributed by atoms with Crippen molar-refractivity contribution in [3.05, 3.63) is 75.8 Å². The number of hydrogen-bond donors (Lipinski definition) is 2. The molecule has 2 aromatic heterocycles. The Morgan fingerprint density at radius 3 is 2.61 bits per heavy atom. The van der Waals surface area contributed by atoms with Crippen molar-refractivity contribution in [1.29, 1.82) is 0 Å². The van der Waals surface area contributed by atoms with Crippen molar-refractivity contribution >= 4 is 17.5 Å². The number of rotatable bonds is 4. The lowest BCUT2D eigenvalue weighted by Gasteiger charge is -2.32. The Morgan fingerprint density at radius 1 is 1.21 bits per heavy atom. The zero-order valence-electron chi connectivity index (χ0n) is 14.7. The van der Waals surface area contributed by atoms with Crippen LogP contribution in [0.25, 0.3) is 16.9 Å². The fraction of sp³-hybridized carbons (Fsp3) is 0.200. The van der Waals surface area contributed by atoms with Crippen molar-refractivity contribution in [1.82, 2.24) is 20.1 Å². The number of nitrogens with one attached hydrogen (secondary N) is 1. The van der Waals surface area contributed by atoms with E-state index in [0.29, 0.717) is 34.8 Å². The summed E-state index contributed by atoms with van der Waals surface area (Å²) in [4.78, 5) is 29.7. The molecule has 1 amide bonds. The summed E-state index contributed by atoms with van der Waals surface area (Å²) >= 11 is 5.95. The molecule has 142 valence electrons. The Balaban J connectivity index is 1.82. The number of aliphatic hydroxyl groups excluding tert-OH is 1. The molecule has 1 saturated carbocycles. The molecule has 0 bridgehead atoms. The van der Waals surface area contributed by atoms with Gasteiger partial charge in [-0.05, 0) is 43.2 Å². The van der Waals surface area contributed by atoms with E-state index < -0.39 is 17.6 Å². The van der Waals surface area contributed by atoms with E-state index in [-0.39, 0.29) is 11.6 Å². The summed E-state index contributed by atoms with van der Waals surface area (Å²) < 4.78 is 1.16. The van der Waals surface area contributed by atoms with E-state index in [2.05, 4.69) is 15.4 Å². The summed E-state index contributed by atoms with van der Waals surface area (Å²) in [5.41, 5.74) is 0.986. The molecule has 1 aliphatic carbocycles. The van der Waals surface area contributed by atoms with E-state index >= 15 is 0 Å². The number of pyridine rings is 1. The highest BCUT2D eigenvalue weighted by molar-refractivity contribution is 6.30. The van der Waals surface area contributed by atoms with Gasteiger partial charge in [0, 0.05) is 16.8 Å². The van der Waals surface area contributed by atoms with E-state index in [9.17, 15) is 14.7 Å². The molecule has 28 heavy (non-hydrogen) atoms. The second kappa shape index (κ2) is 7.53. The first-order chi connectivity index (χ1) is 13.5. The molecule has 8 heteroatoms. The molecule has 2 heterocycles. The molecule has 0 spiro atoms. The van der Waals surface area contributed by atoms with Gasteiger partial charge in [-0.3, -0.25) is 14.6 Å². The van der Waals surface area contributed by atoms with Gasteiger partial charge in [-0.15, -0.1) is 0 Å². The maximum atomic E-state index is 12.9. The van der Waals surface area contributed by atoms with Gasteiger partial charge in [0.1, 0.15) is 5.56 Å². The Hall–Kier alpha value is -3.03. The van der Waals surface area contributed by atoms with E-state index in [0.717, 1.165) is 4.68 Å². The molecule has 0 saturated heterocycles. The van der Waals surface area contributed by atoms with Crippen LogP contribution in [-0.4, -0.2) is 37.9 Å². The number of hydrogen-bond acceptors (Lipinski definition) is 5. The molecule has 2 unspecified atom stereocenters. The lowest BCUT2D eigenvalue weighted by Crippen LogP contribution is -2.51. The molecular weight excluding hydrogens is 380 g/mol. The molecule has 3 aromatic rings. The summed E-state index contributed by atoms with van der Waals surface area (Å²) in [6.07, 6.45) is 3.82. The van der Waals surface area contributed by atoms with Crippen LogP contribution in [0.2, 0.25) is 5.02 Å². The van der Waals surface area contributed by atoms with Gasteiger partial charge >= 0.3 is 0 Å². The zero-order chi connectivity index (χ0) is 19.7. The van der Waals surface area contributed by atoms with Crippen molar-refractivity contribution in [2.45, 2.75) is 25.0 Å². The Labute approximate surface area is 165 Å². The monoisotopic (exact) mass is 396 g/mol. The van der Waals surface area contributed by atoms with Crippen LogP contribution in [-0.2, 0) is 0 Å². The standard InChI is InChI=1S/C20H17ClN4O3/c21-13-5-3-12(4-6-13)17-10-15(19(27)23-16-7-8-18(16)26)20(28)25(24-17)14-2-1-9-22-11-14/h1-6,9-11,16,18,26H,7-8H2,(H,23,27). The average Bonchev–Trinajstić information content (AvgIpc) is 2.72. The minimum Gasteiger partial charge on any atom is -0.391 e. The smallest absolute Gasteiger partial charge is 0.284 e. The van der Waals surface area contributed by atoms with Crippen molar-refractivity contribution < 1.29 is 9.90 Å². The number of nitrogens with zero attached hydrogens (tertiary/aromatic N) is 3. The van der Waals surface area contributed by atoms with E-state index in [1.807, 2.05) is 0 Å². The van der Waals surface area contributed by atoms with Crippen LogP contribution in [0, 0.1) is 0 Å². The molecule has 2 N–H and O–H groups in total. The Bertz CT molecular complexity index is 1070. The highest BCUT2D eigenvalue weighted by atomic mass is 35.5. The van der Waals surface area contributed by atoms with Gasteiger partial charge in [0.25, 0.3) is 11.5 Å². The number of aromatic nitrogens is 3. The third-order valence-electron chi connectivity index (χ3n) is 4.74. The molecule has 7 nitrogen and oxygen atoms in total. The van der Waals surface area contributed by atoms with Crippen LogP contribution in [0.15, 0.2) is 59.7 Å². The maximum absolute atomic E-state index is 12.9.